The number of nitrogens with zero attached hydrogens (tertiary/aromatic N) is 3. The minimum atomic E-state index is -0.689. The van der Waals surface area contributed by atoms with Crippen molar-refractivity contribution < 1.29 is 14.9 Å². The minimum absolute atomic E-state index is 0.00788. The first kappa shape index (κ1) is 22.2. The Morgan fingerprint density at radius 1 is 1.00 bits per heavy atom. The van der Waals surface area contributed by atoms with Gasteiger partial charge in [0.15, 0.2) is 5.71 Å². The summed E-state index contributed by atoms with van der Waals surface area (Å²) in [7, 11) is 0. The zero-order chi connectivity index (χ0) is 23.1. The van der Waals surface area contributed by atoms with Crippen LogP contribution in [0.5, 0.6) is 0 Å². The van der Waals surface area contributed by atoms with E-state index in [1.165, 1.54) is 24.3 Å². The molecule has 0 atom stereocenters. The molecule has 0 aliphatic rings. The van der Waals surface area contributed by atoms with E-state index in [9.17, 15) is 20.1 Å². The molecular formula is C23H21N5O4. The number of hydrazone groups is 1. The van der Waals surface area contributed by atoms with Crippen molar-refractivity contribution in [3.05, 3.63) is 99.6 Å². The third-order valence-corrected chi connectivity index (χ3v) is 4.59. The lowest BCUT2D eigenvalue weighted by molar-refractivity contribution is -0.384. The monoisotopic (exact) mass is 431 g/mol. The Labute approximate surface area is 184 Å². The maximum atomic E-state index is 13.0. The highest BCUT2D eigenvalue weighted by molar-refractivity contribution is 6.71. The van der Waals surface area contributed by atoms with Gasteiger partial charge in [-0.1, -0.05) is 41.1 Å². The number of hydrogen-bond donors (Lipinski definition) is 3. The lowest BCUT2D eigenvalue weighted by Gasteiger charge is -2.12. The fourth-order valence-corrected chi connectivity index (χ4v) is 2.96. The van der Waals surface area contributed by atoms with Crippen LogP contribution in [0.2, 0.25) is 0 Å². The molecule has 9 nitrogen and oxygen atoms in total. The van der Waals surface area contributed by atoms with Crippen LogP contribution >= 0.6 is 0 Å². The molecular weight excluding hydrogens is 410 g/mol. The summed E-state index contributed by atoms with van der Waals surface area (Å²) in [6, 6.07) is 19.9. The van der Waals surface area contributed by atoms with Crippen LogP contribution in [0.1, 0.15) is 16.7 Å². The van der Waals surface area contributed by atoms with E-state index in [4.69, 9.17) is 0 Å². The molecule has 0 saturated carbocycles. The molecule has 162 valence electrons. The predicted octanol–water partition coefficient (Wildman–Crippen LogP) is 4.50. The number of aryl methyl sites for hydroxylation is 2. The molecule has 0 radical (unpaired) electrons. The van der Waals surface area contributed by atoms with Gasteiger partial charge in [0.1, 0.15) is 5.71 Å². The lowest BCUT2D eigenvalue weighted by atomic mass is 10.0. The Morgan fingerprint density at radius 2 is 1.69 bits per heavy atom. The summed E-state index contributed by atoms with van der Waals surface area (Å²) >= 11 is 0. The molecule has 3 N–H and O–H groups in total. The van der Waals surface area contributed by atoms with Crippen LogP contribution in [0.15, 0.2) is 83.1 Å². The summed E-state index contributed by atoms with van der Waals surface area (Å²) in [6.45, 7) is 3.79. The Hall–Kier alpha value is -4.53. The minimum Gasteiger partial charge on any atom is -0.410 e. The molecule has 0 saturated heterocycles. The van der Waals surface area contributed by atoms with Gasteiger partial charge in [-0.15, -0.1) is 0 Å². The van der Waals surface area contributed by atoms with E-state index < -0.39 is 10.8 Å². The van der Waals surface area contributed by atoms with Gasteiger partial charge in [-0.2, -0.15) is 5.10 Å². The van der Waals surface area contributed by atoms with Crippen molar-refractivity contribution >= 4 is 34.4 Å². The molecule has 3 aromatic rings. The number of anilines is 2. The summed E-state index contributed by atoms with van der Waals surface area (Å²) < 4.78 is 0. The number of nitro groups is 1. The van der Waals surface area contributed by atoms with E-state index >= 15 is 0 Å². The van der Waals surface area contributed by atoms with Gasteiger partial charge < -0.3 is 10.5 Å². The van der Waals surface area contributed by atoms with E-state index in [0.29, 0.717) is 16.9 Å². The largest absolute Gasteiger partial charge is 0.410 e. The summed E-state index contributed by atoms with van der Waals surface area (Å²) in [5.74, 6) is -0.689. The number of oxime groups is 1. The highest BCUT2D eigenvalue weighted by Crippen LogP contribution is 2.18. The zero-order valence-electron chi connectivity index (χ0n) is 17.4. The van der Waals surface area contributed by atoms with Crippen molar-refractivity contribution in [3.63, 3.8) is 0 Å². The first-order chi connectivity index (χ1) is 15.4. The number of benzene rings is 3. The van der Waals surface area contributed by atoms with Crippen LogP contribution in [0.3, 0.4) is 0 Å². The first-order valence-corrected chi connectivity index (χ1v) is 9.63. The molecule has 3 aromatic carbocycles. The van der Waals surface area contributed by atoms with Crippen molar-refractivity contribution in [3.8, 4) is 0 Å². The maximum Gasteiger partial charge on any atom is 0.280 e. The molecule has 0 spiro atoms. The number of carbonyl (C=O) groups excluding carboxylic acids is 1. The van der Waals surface area contributed by atoms with Gasteiger partial charge in [0.2, 0.25) is 0 Å². The fourth-order valence-electron chi connectivity index (χ4n) is 2.96. The highest BCUT2D eigenvalue weighted by atomic mass is 16.6. The molecule has 0 aliphatic heterocycles. The van der Waals surface area contributed by atoms with E-state index in [1.807, 2.05) is 32.0 Å². The average molecular weight is 431 g/mol. The normalized spacial score (nSPS) is 11.7. The standard InChI is InChI=1S/C23H21N5O4/c1-15-8-13-20(16(2)14-15)24-23(29)22(27-30)21(26-25-18-6-4-3-5-7-18)17-9-11-19(12-10-17)28(31)32/h3-14,25,30H,1-2H3,(H,24,29)/b26-21-,27-22-. The molecule has 0 aliphatic carbocycles. The molecule has 0 aromatic heterocycles. The molecule has 0 unspecified atom stereocenters. The van der Waals surface area contributed by atoms with Crippen LogP contribution in [-0.2, 0) is 4.79 Å². The fraction of sp³-hybridized carbons (Fsp3) is 0.0870. The van der Waals surface area contributed by atoms with Gasteiger partial charge in [0.25, 0.3) is 11.6 Å². The second-order valence-corrected chi connectivity index (χ2v) is 6.96. The second-order valence-electron chi connectivity index (χ2n) is 6.96. The molecule has 32 heavy (non-hydrogen) atoms. The van der Waals surface area contributed by atoms with Gasteiger partial charge in [0, 0.05) is 23.4 Å². The molecule has 0 fully saturated rings. The quantitative estimate of drug-likeness (QED) is 0.220. The molecule has 0 bridgehead atoms. The third kappa shape index (κ3) is 5.33. The molecule has 9 heteroatoms. The first-order valence-electron chi connectivity index (χ1n) is 9.63. The topological polar surface area (TPSA) is 129 Å². The van der Waals surface area contributed by atoms with Crippen LogP contribution in [0, 0.1) is 24.0 Å². The van der Waals surface area contributed by atoms with Crippen molar-refractivity contribution in [1.29, 1.82) is 0 Å². The summed E-state index contributed by atoms with van der Waals surface area (Å²) in [5, 5.41) is 30.8. The van der Waals surface area contributed by atoms with Gasteiger partial charge in [-0.3, -0.25) is 20.3 Å². The van der Waals surface area contributed by atoms with Gasteiger partial charge in [-0.05, 0) is 49.7 Å². The van der Waals surface area contributed by atoms with Crippen molar-refractivity contribution in [2.24, 2.45) is 10.3 Å². The smallest absolute Gasteiger partial charge is 0.280 e. The van der Waals surface area contributed by atoms with E-state index in [-0.39, 0.29) is 17.1 Å². The van der Waals surface area contributed by atoms with Crippen LogP contribution < -0.4 is 10.7 Å². The Kier molecular flexibility index (Phi) is 6.92. The maximum absolute atomic E-state index is 13.0. The Bertz CT molecular complexity index is 1190. The predicted molar refractivity (Wildman–Crippen MR) is 123 cm³/mol. The Morgan fingerprint density at radius 3 is 2.28 bits per heavy atom. The average Bonchev–Trinajstić information content (AvgIpc) is 2.79. The van der Waals surface area contributed by atoms with Gasteiger partial charge in [0.05, 0.1) is 10.6 Å². The highest BCUT2D eigenvalue weighted by Gasteiger charge is 2.23. The van der Waals surface area contributed by atoms with Crippen LogP contribution in [0.25, 0.3) is 0 Å². The molecule has 3 rings (SSSR count). The number of para-hydroxylation sites is 1. The van der Waals surface area contributed by atoms with E-state index in [1.54, 1.807) is 30.3 Å². The zero-order valence-corrected chi connectivity index (χ0v) is 17.4. The van der Waals surface area contributed by atoms with Crippen molar-refractivity contribution in [2.75, 3.05) is 10.7 Å². The van der Waals surface area contributed by atoms with Crippen LogP contribution in [-0.4, -0.2) is 27.5 Å². The Balaban J connectivity index is 1.97. The number of nitro benzene ring substituents is 1. The summed E-state index contributed by atoms with van der Waals surface area (Å²) in [6.07, 6.45) is 0. The third-order valence-electron chi connectivity index (χ3n) is 4.59. The van der Waals surface area contributed by atoms with Crippen molar-refractivity contribution in [2.45, 2.75) is 13.8 Å². The summed E-state index contributed by atoms with van der Waals surface area (Å²) in [5.41, 5.74) is 5.77. The number of hydrogen-bond acceptors (Lipinski definition) is 7. The number of rotatable bonds is 7. The number of non-ortho nitro benzene ring substituents is 1. The summed E-state index contributed by atoms with van der Waals surface area (Å²) in [4.78, 5) is 23.4. The number of amides is 1. The van der Waals surface area contributed by atoms with E-state index in [0.717, 1.165) is 11.1 Å². The van der Waals surface area contributed by atoms with Gasteiger partial charge >= 0.3 is 0 Å². The van der Waals surface area contributed by atoms with Gasteiger partial charge in [-0.25, -0.2) is 0 Å². The second kappa shape index (κ2) is 9.98. The van der Waals surface area contributed by atoms with Crippen LogP contribution in [0.4, 0.5) is 17.1 Å². The lowest BCUT2D eigenvalue weighted by Crippen LogP contribution is -2.31. The molecule has 1 amide bonds. The number of nitrogens with one attached hydrogen (secondary N) is 2. The van der Waals surface area contributed by atoms with E-state index in [2.05, 4.69) is 21.0 Å². The van der Waals surface area contributed by atoms with Crippen molar-refractivity contribution in [1.82, 2.24) is 0 Å². The molecule has 0 heterocycles. The SMILES string of the molecule is Cc1ccc(NC(=O)C(=N\O)/C(=N\Nc2ccccc2)c2ccc([N+](=O)[O-])cc2)c(C)c1. The number of carbonyl (C=O) groups is 1.